The molecule has 1 aliphatic rings. The summed E-state index contributed by atoms with van der Waals surface area (Å²) in [5, 5.41) is 20.9. The third-order valence-corrected chi connectivity index (χ3v) is 3.84. The molecule has 0 aliphatic carbocycles. The Balaban J connectivity index is 2.17. The Bertz CT molecular complexity index is 581. The maximum Gasteiger partial charge on any atom is 0.337 e. The van der Waals surface area contributed by atoms with Crippen LogP contribution in [0.25, 0.3) is 0 Å². The van der Waals surface area contributed by atoms with Gasteiger partial charge in [-0.05, 0) is 19.9 Å². The number of rotatable bonds is 4. The number of carbonyl (C=O) groups excluding carboxylic acids is 1. The Hall–Kier alpha value is -2.08. The van der Waals surface area contributed by atoms with Crippen LogP contribution in [0.5, 0.6) is 5.75 Å². The molecule has 0 bridgehead atoms. The number of para-hydroxylation sites is 1. The summed E-state index contributed by atoms with van der Waals surface area (Å²) in [6.45, 7) is 4.70. The molecule has 0 saturated carbocycles. The van der Waals surface area contributed by atoms with Gasteiger partial charge in [0.25, 0.3) is 5.91 Å². The smallest absolute Gasteiger partial charge is 0.337 e. The van der Waals surface area contributed by atoms with Crippen LogP contribution in [0, 0.1) is 0 Å². The second-order valence-electron chi connectivity index (χ2n) is 5.60. The summed E-state index contributed by atoms with van der Waals surface area (Å²) < 4.78 is 5.71. The van der Waals surface area contributed by atoms with Crippen molar-refractivity contribution in [3.63, 3.8) is 0 Å². The van der Waals surface area contributed by atoms with Crippen molar-refractivity contribution in [1.82, 2.24) is 5.32 Å². The Labute approximate surface area is 122 Å². The fraction of sp³-hybridized carbons (Fsp3) is 0.467. The summed E-state index contributed by atoms with van der Waals surface area (Å²) in [4.78, 5) is 23.0. The molecule has 0 fully saturated rings. The normalized spacial score (nSPS) is 22.9. The summed E-state index contributed by atoms with van der Waals surface area (Å²) in [5.41, 5.74) is -0.695. The van der Waals surface area contributed by atoms with Crippen molar-refractivity contribution in [1.29, 1.82) is 0 Å². The van der Waals surface area contributed by atoms with Crippen molar-refractivity contribution >= 4 is 11.9 Å². The molecule has 1 amide bonds. The first-order valence-electron chi connectivity index (χ1n) is 6.77. The average molecular weight is 293 g/mol. The summed E-state index contributed by atoms with van der Waals surface area (Å²) in [5.74, 6) is -1.13. The van der Waals surface area contributed by atoms with E-state index in [1.165, 1.54) is 0 Å². The van der Waals surface area contributed by atoms with E-state index in [0.29, 0.717) is 11.3 Å². The van der Waals surface area contributed by atoms with Crippen LogP contribution < -0.4 is 10.1 Å². The minimum absolute atomic E-state index is 0.0175. The van der Waals surface area contributed by atoms with Gasteiger partial charge in [-0.1, -0.05) is 19.1 Å². The molecule has 1 aliphatic heterocycles. The van der Waals surface area contributed by atoms with E-state index < -0.39 is 17.5 Å². The minimum atomic E-state index is -2.00. The number of amides is 1. The van der Waals surface area contributed by atoms with Crippen molar-refractivity contribution in [2.24, 2.45) is 0 Å². The van der Waals surface area contributed by atoms with Gasteiger partial charge in [0.1, 0.15) is 11.9 Å². The number of aliphatic carboxylic acids is 1. The van der Waals surface area contributed by atoms with Gasteiger partial charge in [0.2, 0.25) is 0 Å². The number of carboxylic acid groups (broad SMARTS) is 1. The third-order valence-electron chi connectivity index (χ3n) is 3.84. The molecule has 2 rings (SSSR count). The second-order valence-corrected chi connectivity index (χ2v) is 5.60. The molecular formula is C15H19NO5. The molecule has 3 N–H and O–H groups in total. The molecule has 0 radical (unpaired) electrons. The van der Waals surface area contributed by atoms with Crippen LogP contribution >= 0.6 is 0 Å². The lowest BCUT2D eigenvalue weighted by molar-refractivity contribution is -0.155. The highest BCUT2D eigenvalue weighted by Gasteiger charge is 2.33. The molecule has 0 saturated heterocycles. The van der Waals surface area contributed by atoms with Gasteiger partial charge >= 0.3 is 5.97 Å². The third kappa shape index (κ3) is 2.85. The fourth-order valence-corrected chi connectivity index (χ4v) is 2.19. The van der Waals surface area contributed by atoms with Gasteiger partial charge in [-0.25, -0.2) is 4.79 Å². The largest absolute Gasteiger partial charge is 0.489 e. The highest BCUT2D eigenvalue weighted by Crippen LogP contribution is 2.40. The van der Waals surface area contributed by atoms with Crippen LogP contribution in [-0.4, -0.2) is 40.3 Å². The first kappa shape index (κ1) is 15.3. The number of carboxylic acids is 1. The van der Waals surface area contributed by atoms with Gasteiger partial charge in [0.15, 0.2) is 5.60 Å². The van der Waals surface area contributed by atoms with Crippen LogP contribution in [0.3, 0.4) is 0 Å². The zero-order valence-corrected chi connectivity index (χ0v) is 12.2. The Morgan fingerprint density at radius 1 is 1.38 bits per heavy atom. The lowest BCUT2D eigenvalue weighted by Gasteiger charge is -2.18. The molecule has 3 unspecified atom stereocenters. The van der Waals surface area contributed by atoms with Crippen LogP contribution in [-0.2, 0) is 4.79 Å². The average Bonchev–Trinajstić information content (AvgIpc) is 2.72. The summed E-state index contributed by atoms with van der Waals surface area (Å²) in [6.07, 6.45) is -0.0175. The molecule has 1 aromatic carbocycles. The van der Waals surface area contributed by atoms with E-state index in [-0.39, 0.29) is 18.6 Å². The summed E-state index contributed by atoms with van der Waals surface area (Å²) in [7, 11) is 0. The molecule has 0 spiro atoms. The van der Waals surface area contributed by atoms with Crippen molar-refractivity contribution in [3.8, 4) is 5.75 Å². The van der Waals surface area contributed by atoms with E-state index in [0.717, 1.165) is 12.5 Å². The number of fused-ring (bicyclic) bond motifs is 1. The molecule has 0 aromatic heterocycles. The van der Waals surface area contributed by atoms with Crippen LogP contribution in [0.15, 0.2) is 18.2 Å². The quantitative estimate of drug-likeness (QED) is 0.773. The van der Waals surface area contributed by atoms with Crippen molar-refractivity contribution in [3.05, 3.63) is 29.3 Å². The standard InChI is InChI=1S/C15H19NO5/c1-8-9(2)21-12-10(8)5-4-6-11(12)13(17)16-7-15(3,20)14(18)19/h4-6,8-9,20H,7H2,1-3H3,(H,16,17)(H,18,19). The van der Waals surface area contributed by atoms with E-state index in [4.69, 9.17) is 9.84 Å². The topological polar surface area (TPSA) is 95.9 Å². The summed E-state index contributed by atoms with van der Waals surface area (Å²) in [6, 6.07) is 5.29. The lowest BCUT2D eigenvalue weighted by atomic mass is 9.96. The Morgan fingerprint density at radius 2 is 2.05 bits per heavy atom. The Morgan fingerprint density at radius 3 is 2.67 bits per heavy atom. The molecule has 3 atom stereocenters. The number of carbonyl (C=O) groups is 2. The Kier molecular flexibility index (Phi) is 3.91. The van der Waals surface area contributed by atoms with Gasteiger partial charge in [-0.3, -0.25) is 4.79 Å². The maximum atomic E-state index is 12.2. The number of hydrogen-bond acceptors (Lipinski definition) is 4. The van der Waals surface area contributed by atoms with Gasteiger partial charge in [-0.15, -0.1) is 0 Å². The molecule has 6 nitrogen and oxygen atoms in total. The van der Waals surface area contributed by atoms with Gasteiger partial charge < -0.3 is 20.3 Å². The van der Waals surface area contributed by atoms with E-state index in [9.17, 15) is 14.7 Å². The van der Waals surface area contributed by atoms with Crippen LogP contribution in [0.2, 0.25) is 0 Å². The first-order valence-corrected chi connectivity index (χ1v) is 6.77. The van der Waals surface area contributed by atoms with Crippen molar-refractivity contribution in [2.45, 2.75) is 38.4 Å². The zero-order chi connectivity index (χ0) is 15.8. The second kappa shape index (κ2) is 5.37. The van der Waals surface area contributed by atoms with E-state index in [2.05, 4.69) is 5.32 Å². The van der Waals surface area contributed by atoms with E-state index in [1.54, 1.807) is 12.1 Å². The predicted molar refractivity (Wildman–Crippen MR) is 75.5 cm³/mol. The molecule has 114 valence electrons. The van der Waals surface area contributed by atoms with Gasteiger partial charge in [0.05, 0.1) is 12.1 Å². The van der Waals surface area contributed by atoms with E-state index >= 15 is 0 Å². The van der Waals surface area contributed by atoms with Crippen LogP contribution in [0.1, 0.15) is 42.6 Å². The molecule has 6 heteroatoms. The van der Waals surface area contributed by atoms with Gasteiger partial charge in [-0.2, -0.15) is 0 Å². The minimum Gasteiger partial charge on any atom is -0.489 e. The zero-order valence-electron chi connectivity index (χ0n) is 12.2. The lowest BCUT2D eigenvalue weighted by Crippen LogP contribution is -2.46. The fourth-order valence-electron chi connectivity index (χ4n) is 2.19. The van der Waals surface area contributed by atoms with Crippen molar-refractivity contribution < 1.29 is 24.5 Å². The monoisotopic (exact) mass is 293 g/mol. The van der Waals surface area contributed by atoms with E-state index in [1.807, 2.05) is 19.9 Å². The number of ether oxygens (including phenoxy) is 1. The van der Waals surface area contributed by atoms with Crippen LogP contribution in [0.4, 0.5) is 0 Å². The SMILES string of the molecule is CC1Oc2c(C(=O)NCC(C)(O)C(=O)O)cccc2C1C. The first-order chi connectivity index (χ1) is 9.74. The number of nitrogens with one attached hydrogen (secondary N) is 1. The molecular weight excluding hydrogens is 274 g/mol. The summed E-state index contributed by atoms with van der Waals surface area (Å²) >= 11 is 0. The number of aliphatic hydroxyl groups is 1. The molecule has 1 heterocycles. The van der Waals surface area contributed by atoms with Gasteiger partial charge in [0, 0.05) is 11.5 Å². The predicted octanol–water partition coefficient (Wildman–Crippen LogP) is 1.14. The van der Waals surface area contributed by atoms with Crippen molar-refractivity contribution in [2.75, 3.05) is 6.54 Å². The molecule has 1 aromatic rings. The highest BCUT2D eigenvalue weighted by atomic mass is 16.5. The number of benzene rings is 1. The maximum absolute atomic E-state index is 12.2. The number of hydrogen-bond donors (Lipinski definition) is 3. The highest BCUT2D eigenvalue weighted by molar-refractivity contribution is 5.98. The molecule has 21 heavy (non-hydrogen) atoms.